The standard InChI is InChI=1S/C22H28N4O2S2/c27-20(23-14-17-5-2-12-29-17)16-6-7-18-19(13-16)30-22(24-18)26-10-8-25(9-11-26)21(28)15-3-1-4-15/h2,5,12,15-16H,1,3-4,6-11,13-14H2,(H,23,27)/t16-/m0/s1. The number of anilines is 1. The van der Waals surface area contributed by atoms with Crippen molar-refractivity contribution in [3.63, 3.8) is 0 Å². The van der Waals surface area contributed by atoms with Gasteiger partial charge in [0.2, 0.25) is 11.8 Å². The summed E-state index contributed by atoms with van der Waals surface area (Å²) >= 11 is 3.42. The summed E-state index contributed by atoms with van der Waals surface area (Å²) < 4.78 is 0. The highest BCUT2D eigenvalue weighted by atomic mass is 32.1. The highest BCUT2D eigenvalue weighted by Gasteiger charge is 2.33. The smallest absolute Gasteiger partial charge is 0.225 e. The zero-order chi connectivity index (χ0) is 20.5. The van der Waals surface area contributed by atoms with Gasteiger partial charge in [0.05, 0.1) is 12.2 Å². The van der Waals surface area contributed by atoms with Gasteiger partial charge in [-0.1, -0.05) is 12.5 Å². The lowest BCUT2D eigenvalue weighted by Crippen LogP contribution is -2.51. The lowest BCUT2D eigenvalue weighted by Gasteiger charge is -2.38. The first-order valence-electron chi connectivity index (χ1n) is 11.0. The lowest BCUT2D eigenvalue weighted by molar-refractivity contribution is -0.138. The van der Waals surface area contributed by atoms with Crippen molar-refractivity contribution in [2.45, 2.75) is 45.1 Å². The van der Waals surface area contributed by atoms with Crippen molar-refractivity contribution < 1.29 is 9.59 Å². The van der Waals surface area contributed by atoms with Gasteiger partial charge in [0.1, 0.15) is 0 Å². The maximum atomic E-state index is 12.6. The minimum absolute atomic E-state index is 0.0442. The zero-order valence-electron chi connectivity index (χ0n) is 17.1. The van der Waals surface area contributed by atoms with Crippen LogP contribution in [0.4, 0.5) is 5.13 Å². The SMILES string of the molecule is O=C(NCc1cccs1)[C@H]1CCc2nc(N3CCN(C(=O)C4CCC4)CC3)sc2C1. The van der Waals surface area contributed by atoms with E-state index >= 15 is 0 Å². The van der Waals surface area contributed by atoms with Gasteiger partial charge in [-0.05, 0) is 43.6 Å². The van der Waals surface area contributed by atoms with Crippen molar-refractivity contribution in [2.75, 3.05) is 31.1 Å². The second-order valence-electron chi connectivity index (χ2n) is 8.54. The number of fused-ring (bicyclic) bond motifs is 1. The molecule has 1 aliphatic heterocycles. The lowest BCUT2D eigenvalue weighted by atomic mass is 9.84. The number of thiazole rings is 1. The predicted octanol–water partition coefficient (Wildman–Crippen LogP) is 3.07. The number of piperazine rings is 1. The summed E-state index contributed by atoms with van der Waals surface area (Å²) in [6, 6.07) is 4.07. The molecule has 2 aromatic heterocycles. The summed E-state index contributed by atoms with van der Waals surface area (Å²) in [7, 11) is 0. The van der Waals surface area contributed by atoms with Gasteiger partial charge in [-0.15, -0.1) is 22.7 Å². The summed E-state index contributed by atoms with van der Waals surface area (Å²) in [6.07, 6.45) is 5.89. The second kappa shape index (κ2) is 8.67. The van der Waals surface area contributed by atoms with E-state index in [1.165, 1.54) is 21.9 Å². The Hall–Kier alpha value is -1.93. The Balaban J connectivity index is 1.15. The van der Waals surface area contributed by atoms with E-state index in [9.17, 15) is 9.59 Å². The van der Waals surface area contributed by atoms with Crippen LogP contribution >= 0.6 is 22.7 Å². The summed E-state index contributed by atoms with van der Waals surface area (Å²) in [5.74, 6) is 0.845. The highest BCUT2D eigenvalue weighted by molar-refractivity contribution is 7.15. The molecule has 2 fully saturated rings. The number of aromatic nitrogens is 1. The molecular formula is C22H28N4O2S2. The van der Waals surface area contributed by atoms with Crippen LogP contribution in [0, 0.1) is 11.8 Å². The maximum Gasteiger partial charge on any atom is 0.225 e. The topological polar surface area (TPSA) is 65.5 Å². The molecule has 30 heavy (non-hydrogen) atoms. The number of hydrogen-bond donors (Lipinski definition) is 1. The Morgan fingerprint density at radius 2 is 1.97 bits per heavy atom. The Kier molecular flexibility index (Phi) is 5.78. The van der Waals surface area contributed by atoms with E-state index in [1.54, 1.807) is 22.7 Å². The van der Waals surface area contributed by atoms with Crippen molar-refractivity contribution >= 4 is 39.6 Å². The molecule has 0 radical (unpaired) electrons. The van der Waals surface area contributed by atoms with E-state index in [2.05, 4.69) is 16.3 Å². The van der Waals surface area contributed by atoms with E-state index in [-0.39, 0.29) is 17.7 Å². The average molecular weight is 445 g/mol. The van der Waals surface area contributed by atoms with Crippen LogP contribution < -0.4 is 10.2 Å². The fourth-order valence-electron chi connectivity index (χ4n) is 4.48. The molecule has 1 atom stereocenters. The third kappa shape index (κ3) is 4.12. The fraction of sp³-hybridized carbons (Fsp3) is 0.591. The molecule has 1 N–H and O–H groups in total. The quantitative estimate of drug-likeness (QED) is 0.770. The maximum absolute atomic E-state index is 12.6. The number of nitrogens with one attached hydrogen (secondary N) is 1. The van der Waals surface area contributed by atoms with Crippen molar-refractivity contribution in [3.05, 3.63) is 33.0 Å². The molecule has 2 aromatic rings. The number of aryl methyl sites for hydroxylation is 1. The molecule has 3 aliphatic rings. The van der Waals surface area contributed by atoms with Crippen LogP contribution in [0.15, 0.2) is 17.5 Å². The van der Waals surface area contributed by atoms with Crippen LogP contribution in [0.3, 0.4) is 0 Å². The molecule has 3 heterocycles. The third-order valence-corrected chi connectivity index (χ3v) is 8.69. The van der Waals surface area contributed by atoms with E-state index in [1.807, 2.05) is 16.3 Å². The first kappa shape index (κ1) is 20.0. The normalized spacial score (nSPS) is 21.8. The van der Waals surface area contributed by atoms with E-state index < -0.39 is 0 Å². The van der Waals surface area contributed by atoms with Crippen LogP contribution in [0.25, 0.3) is 0 Å². The minimum atomic E-state index is 0.0442. The molecule has 1 saturated heterocycles. The van der Waals surface area contributed by atoms with Gasteiger partial charge in [0, 0.05) is 47.8 Å². The van der Waals surface area contributed by atoms with Crippen molar-refractivity contribution in [2.24, 2.45) is 11.8 Å². The molecule has 0 aromatic carbocycles. The molecule has 1 saturated carbocycles. The number of carbonyl (C=O) groups is 2. The molecule has 0 bridgehead atoms. The van der Waals surface area contributed by atoms with Gasteiger partial charge in [0.25, 0.3) is 0 Å². The first-order valence-corrected chi connectivity index (χ1v) is 12.7. The molecule has 2 aliphatic carbocycles. The van der Waals surface area contributed by atoms with Crippen LogP contribution in [-0.4, -0.2) is 47.9 Å². The summed E-state index contributed by atoms with van der Waals surface area (Å²) in [5, 5.41) is 6.20. The van der Waals surface area contributed by atoms with Crippen LogP contribution in [-0.2, 0) is 29.0 Å². The van der Waals surface area contributed by atoms with Crippen LogP contribution in [0.5, 0.6) is 0 Å². The Morgan fingerprint density at radius 1 is 1.13 bits per heavy atom. The molecular weight excluding hydrogens is 416 g/mol. The number of carbonyl (C=O) groups excluding carboxylic acids is 2. The molecule has 160 valence electrons. The van der Waals surface area contributed by atoms with Crippen molar-refractivity contribution in [1.82, 2.24) is 15.2 Å². The molecule has 6 nitrogen and oxygen atoms in total. The highest BCUT2D eigenvalue weighted by Crippen LogP contribution is 2.35. The Morgan fingerprint density at radius 3 is 2.67 bits per heavy atom. The van der Waals surface area contributed by atoms with Gasteiger partial charge in [0.15, 0.2) is 5.13 Å². The van der Waals surface area contributed by atoms with Crippen molar-refractivity contribution in [3.8, 4) is 0 Å². The summed E-state index contributed by atoms with van der Waals surface area (Å²) in [4.78, 5) is 36.8. The largest absolute Gasteiger partial charge is 0.351 e. The molecule has 0 unspecified atom stereocenters. The van der Waals surface area contributed by atoms with E-state index in [0.29, 0.717) is 12.5 Å². The van der Waals surface area contributed by atoms with Gasteiger partial charge >= 0.3 is 0 Å². The predicted molar refractivity (Wildman–Crippen MR) is 120 cm³/mol. The minimum Gasteiger partial charge on any atom is -0.351 e. The van der Waals surface area contributed by atoms with E-state index in [0.717, 1.165) is 63.4 Å². The van der Waals surface area contributed by atoms with Gasteiger partial charge in [-0.2, -0.15) is 0 Å². The first-order chi connectivity index (χ1) is 14.7. The zero-order valence-corrected chi connectivity index (χ0v) is 18.8. The van der Waals surface area contributed by atoms with Crippen LogP contribution in [0.1, 0.15) is 41.1 Å². The van der Waals surface area contributed by atoms with E-state index in [4.69, 9.17) is 4.98 Å². The monoisotopic (exact) mass is 444 g/mol. The molecule has 5 rings (SSSR count). The van der Waals surface area contributed by atoms with Crippen LogP contribution in [0.2, 0.25) is 0 Å². The molecule has 2 amide bonds. The Bertz CT molecular complexity index is 898. The third-order valence-electron chi connectivity index (χ3n) is 6.63. The summed E-state index contributed by atoms with van der Waals surface area (Å²) in [6.45, 7) is 3.93. The number of rotatable bonds is 5. The molecule has 8 heteroatoms. The fourth-order valence-corrected chi connectivity index (χ4v) is 6.37. The number of thiophene rings is 1. The second-order valence-corrected chi connectivity index (χ2v) is 10.6. The summed E-state index contributed by atoms with van der Waals surface area (Å²) in [5.41, 5.74) is 1.17. The van der Waals surface area contributed by atoms with Gasteiger partial charge in [-0.25, -0.2) is 4.98 Å². The average Bonchev–Trinajstić information content (AvgIpc) is 3.40. The van der Waals surface area contributed by atoms with Crippen molar-refractivity contribution in [1.29, 1.82) is 0 Å². The van der Waals surface area contributed by atoms with Gasteiger partial charge < -0.3 is 15.1 Å². The number of amides is 2. The molecule has 0 spiro atoms. The number of hydrogen-bond acceptors (Lipinski definition) is 6. The Labute approximate surface area is 185 Å². The number of nitrogens with zero attached hydrogens (tertiary/aromatic N) is 3. The van der Waals surface area contributed by atoms with Gasteiger partial charge in [-0.3, -0.25) is 9.59 Å².